The van der Waals surface area contributed by atoms with Gasteiger partial charge in [0.05, 0.1) is 11.1 Å². The van der Waals surface area contributed by atoms with Gasteiger partial charge in [-0.25, -0.2) is 4.39 Å². The van der Waals surface area contributed by atoms with Gasteiger partial charge in [-0.05, 0) is 35.8 Å². The second kappa shape index (κ2) is 7.60. The van der Waals surface area contributed by atoms with E-state index >= 15 is 0 Å². The molecule has 2 aromatic carbocycles. The highest BCUT2D eigenvalue weighted by Gasteiger charge is 2.37. The fourth-order valence-electron chi connectivity index (χ4n) is 3.09. The summed E-state index contributed by atoms with van der Waals surface area (Å²) in [6.45, 7) is 0.410. The topological polar surface area (TPSA) is 35.8 Å². The molecule has 0 saturated carbocycles. The summed E-state index contributed by atoms with van der Waals surface area (Å²) in [7, 11) is 0. The molecule has 0 saturated heterocycles. The van der Waals surface area contributed by atoms with Crippen LogP contribution in [0.1, 0.15) is 23.1 Å². The first kappa shape index (κ1) is 19.2. The van der Waals surface area contributed by atoms with Crippen molar-refractivity contribution in [2.24, 2.45) is 5.16 Å². The van der Waals surface area contributed by atoms with E-state index in [0.29, 0.717) is 11.4 Å². The van der Waals surface area contributed by atoms with Crippen molar-refractivity contribution in [2.45, 2.75) is 12.6 Å². The highest BCUT2D eigenvalue weighted by molar-refractivity contribution is 6.32. The molecule has 142 valence electrons. The molecule has 0 radical (unpaired) electrons. The zero-order chi connectivity index (χ0) is 19.6. The SMILES string of the molecule is ON=C(c1c(F)cccc1C(F)(F)F)N1CC=C(c2ccccc2Cl)CC1. The maximum atomic E-state index is 14.2. The number of oxime groups is 1. The Kier molecular flexibility index (Phi) is 5.41. The quantitative estimate of drug-likeness (QED) is 0.241. The molecule has 0 amide bonds. The van der Waals surface area contributed by atoms with E-state index in [9.17, 15) is 22.8 Å². The number of hydrogen-bond donors (Lipinski definition) is 1. The molecule has 8 heteroatoms. The normalized spacial score (nSPS) is 15.7. The lowest BCUT2D eigenvalue weighted by molar-refractivity contribution is -0.138. The second-order valence-corrected chi connectivity index (χ2v) is 6.40. The van der Waals surface area contributed by atoms with Crippen molar-refractivity contribution in [2.75, 3.05) is 13.1 Å². The van der Waals surface area contributed by atoms with Gasteiger partial charge in [-0.1, -0.05) is 47.1 Å². The summed E-state index contributed by atoms with van der Waals surface area (Å²) in [5.74, 6) is -1.55. The molecule has 27 heavy (non-hydrogen) atoms. The predicted octanol–water partition coefficient (Wildman–Crippen LogP) is 5.42. The molecule has 2 aromatic rings. The van der Waals surface area contributed by atoms with Crippen LogP contribution in [0.25, 0.3) is 5.57 Å². The number of amidine groups is 1. The third kappa shape index (κ3) is 3.93. The van der Waals surface area contributed by atoms with Gasteiger partial charge in [0.15, 0.2) is 5.84 Å². The van der Waals surface area contributed by atoms with Crippen LogP contribution < -0.4 is 0 Å². The Hall–Kier alpha value is -2.54. The van der Waals surface area contributed by atoms with Gasteiger partial charge < -0.3 is 10.1 Å². The number of alkyl halides is 3. The molecule has 0 fully saturated rings. The fourth-order valence-corrected chi connectivity index (χ4v) is 3.34. The van der Waals surface area contributed by atoms with Crippen molar-refractivity contribution in [3.63, 3.8) is 0 Å². The number of rotatable bonds is 2. The number of benzene rings is 2. The van der Waals surface area contributed by atoms with Crippen molar-refractivity contribution < 1.29 is 22.8 Å². The Morgan fingerprint density at radius 3 is 2.44 bits per heavy atom. The van der Waals surface area contributed by atoms with Crippen LogP contribution in [0, 0.1) is 5.82 Å². The first-order valence-electron chi connectivity index (χ1n) is 8.10. The molecule has 0 spiro atoms. The van der Waals surface area contributed by atoms with E-state index in [4.69, 9.17) is 11.6 Å². The summed E-state index contributed by atoms with van der Waals surface area (Å²) < 4.78 is 54.0. The molecule has 0 atom stereocenters. The van der Waals surface area contributed by atoms with Gasteiger partial charge in [-0.2, -0.15) is 13.2 Å². The highest BCUT2D eigenvalue weighted by Crippen LogP contribution is 2.35. The predicted molar refractivity (Wildman–Crippen MR) is 95.3 cm³/mol. The van der Waals surface area contributed by atoms with Crippen molar-refractivity contribution in [3.8, 4) is 0 Å². The van der Waals surface area contributed by atoms with Crippen LogP contribution >= 0.6 is 11.6 Å². The lowest BCUT2D eigenvalue weighted by Crippen LogP contribution is -2.37. The summed E-state index contributed by atoms with van der Waals surface area (Å²) in [4.78, 5) is 1.40. The Balaban J connectivity index is 1.93. The van der Waals surface area contributed by atoms with E-state index in [1.807, 2.05) is 12.1 Å². The van der Waals surface area contributed by atoms with Gasteiger partial charge in [-0.3, -0.25) is 0 Å². The van der Waals surface area contributed by atoms with Gasteiger partial charge in [-0.15, -0.1) is 0 Å². The molecule has 1 heterocycles. The molecule has 0 unspecified atom stereocenters. The largest absolute Gasteiger partial charge is 0.417 e. The molecular formula is C19H15ClF4N2O. The van der Waals surface area contributed by atoms with Crippen molar-refractivity contribution >= 4 is 23.0 Å². The minimum atomic E-state index is -4.78. The van der Waals surface area contributed by atoms with E-state index in [-0.39, 0.29) is 13.1 Å². The maximum Gasteiger partial charge on any atom is 0.417 e. The van der Waals surface area contributed by atoms with Gasteiger partial charge in [0, 0.05) is 18.1 Å². The molecular weight excluding hydrogens is 384 g/mol. The molecule has 0 bridgehead atoms. The van der Waals surface area contributed by atoms with E-state index in [1.165, 1.54) is 4.90 Å². The van der Waals surface area contributed by atoms with Crippen LogP contribution in [0.4, 0.5) is 17.6 Å². The summed E-state index contributed by atoms with van der Waals surface area (Å²) in [5, 5.41) is 12.9. The van der Waals surface area contributed by atoms with Crippen LogP contribution in [-0.4, -0.2) is 29.0 Å². The summed E-state index contributed by atoms with van der Waals surface area (Å²) in [6, 6.07) is 9.88. The Morgan fingerprint density at radius 1 is 1.11 bits per heavy atom. The van der Waals surface area contributed by atoms with Gasteiger partial charge in [0.2, 0.25) is 0 Å². The molecule has 3 nitrogen and oxygen atoms in total. The van der Waals surface area contributed by atoms with Crippen LogP contribution in [-0.2, 0) is 6.18 Å². The highest BCUT2D eigenvalue weighted by atomic mass is 35.5. The van der Waals surface area contributed by atoms with E-state index in [0.717, 1.165) is 29.3 Å². The standard InChI is InChI=1S/C19H15ClF4N2O/c20-15-6-2-1-4-13(15)12-8-10-26(11-9-12)18(25-27)17-14(19(22,23)24)5-3-7-16(17)21/h1-8,27H,9-11H2. The van der Waals surface area contributed by atoms with Crippen LogP contribution in [0.2, 0.25) is 5.02 Å². The number of nitrogens with zero attached hydrogens (tertiary/aromatic N) is 2. The van der Waals surface area contributed by atoms with Crippen molar-refractivity contribution in [1.29, 1.82) is 0 Å². The zero-order valence-electron chi connectivity index (χ0n) is 14.0. The first-order chi connectivity index (χ1) is 12.8. The molecule has 0 aliphatic carbocycles. The smallest absolute Gasteiger partial charge is 0.409 e. The molecule has 3 rings (SSSR count). The zero-order valence-corrected chi connectivity index (χ0v) is 14.7. The number of hydrogen-bond acceptors (Lipinski definition) is 2. The van der Waals surface area contributed by atoms with Crippen molar-refractivity contribution in [3.05, 3.63) is 76.1 Å². The van der Waals surface area contributed by atoms with Crippen LogP contribution in [0.5, 0.6) is 0 Å². The first-order valence-corrected chi connectivity index (χ1v) is 8.47. The monoisotopic (exact) mass is 398 g/mol. The van der Waals surface area contributed by atoms with Crippen molar-refractivity contribution in [1.82, 2.24) is 4.90 Å². The van der Waals surface area contributed by atoms with E-state index in [1.54, 1.807) is 18.2 Å². The summed E-state index contributed by atoms with van der Waals surface area (Å²) >= 11 is 6.18. The minimum Gasteiger partial charge on any atom is -0.409 e. The second-order valence-electron chi connectivity index (χ2n) is 5.99. The molecule has 0 aromatic heterocycles. The van der Waals surface area contributed by atoms with Gasteiger partial charge >= 0.3 is 6.18 Å². The summed E-state index contributed by atoms with van der Waals surface area (Å²) in [5.41, 5.74) is -0.180. The number of halogens is 5. The van der Waals surface area contributed by atoms with E-state index in [2.05, 4.69) is 5.16 Å². The minimum absolute atomic E-state index is 0.158. The van der Waals surface area contributed by atoms with Crippen LogP contribution in [0.15, 0.2) is 53.7 Å². The van der Waals surface area contributed by atoms with E-state index < -0.39 is 29.0 Å². The Morgan fingerprint density at radius 2 is 1.85 bits per heavy atom. The van der Waals surface area contributed by atoms with Gasteiger partial charge in [0.1, 0.15) is 5.82 Å². The lowest BCUT2D eigenvalue weighted by Gasteiger charge is -2.30. The van der Waals surface area contributed by atoms with Gasteiger partial charge in [0.25, 0.3) is 0 Å². The molecule has 1 N–H and O–H groups in total. The van der Waals surface area contributed by atoms with Crippen LogP contribution in [0.3, 0.4) is 0 Å². The molecule has 1 aliphatic rings. The lowest BCUT2D eigenvalue weighted by atomic mass is 9.98. The summed E-state index contributed by atoms with van der Waals surface area (Å²) in [6.07, 6.45) is -2.54. The Labute approximate surface area is 158 Å². The maximum absolute atomic E-state index is 14.2. The Bertz CT molecular complexity index is 909. The third-order valence-corrected chi connectivity index (χ3v) is 4.70. The average molecular weight is 399 g/mol. The third-order valence-electron chi connectivity index (χ3n) is 4.37. The fraction of sp³-hybridized carbons (Fsp3) is 0.211. The molecule has 1 aliphatic heterocycles. The average Bonchev–Trinajstić information content (AvgIpc) is 2.64.